The number of amides is 1. The molecule has 0 bridgehead atoms. The van der Waals surface area contributed by atoms with Crippen molar-refractivity contribution in [3.05, 3.63) is 70.3 Å². The number of nitrogens with one attached hydrogen (secondary N) is 2. The van der Waals surface area contributed by atoms with Gasteiger partial charge in [-0.25, -0.2) is 9.97 Å². The van der Waals surface area contributed by atoms with E-state index in [9.17, 15) is 22.8 Å². The highest BCUT2D eigenvalue weighted by Gasteiger charge is 2.39. The van der Waals surface area contributed by atoms with Gasteiger partial charge in [-0.15, -0.1) is 0 Å². The van der Waals surface area contributed by atoms with Crippen molar-refractivity contribution in [1.82, 2.24) is 24.9 Å². The smallest absolute Gasteiger partial charge is 0.433 e. The first-order valence-corrected chi connectivity index (χ1v) is 11.4. The zero-order valence-corrected chi connectivity index (χ0v) is 19.6. The van der Waals surface area contributed by atoms with Crippen molar-refractivity contribution in [2.45, 2.75) is 12.2 Å². The van der Waals surface area contributed by atoms with E-state index >= 15 is 0 Å². The van der Waals surface area contributed by atoms with Gasteiger partial charge in [0, 0.05) is 0 Å². The lowest BCUT2D eigenvalue weighted by Gasteiger charge is -2.26. The van der Waals surface area contributed by atoms with E-state index in [4.69, 9.17) is 13.9 Å². The van der Waals surface area contributed by atoms with E-state index in [1.165, 1.54) is 19.2 Å². The van der Waals surface area contributed by atoms with E-state index in [1.807, 2.05) is 0 Å². The maximum atomic E-state index is 14.1. The number of para-hydroxylation sites is 1. The molecule has 194 valence electrons. The van der Waals surface area contributed by atoms with Crippen LogP contribution in [0.4, 0.5) is 13.2 Å². The fourth-order valence-corrected chi connectivity index (χ4v) is 4.28. The van der Waals surface area contributed by atoms with Crippen LogP contribution in [0.25, 0.3) is 39.3 Å². The Morgan fingerprint density at radius 1 is 1.11 bits per heavy atom. The van der Waals surface area contributed by atoms with Gasteiger partial charge in [-0.1, -0.05) is 36.4 Å². The summed E-state index contributed by atoms with van der Waals surface area (Å²) in [6.45, 7) is 0.500. The van der Waals surface area contributed by atoms with Crippen LogP contribution in [-0.2, 0) is 10.9 Å². The molecule has 13 heteroatoms. The minimum atomic E-state index is -4.86. The van der Waals surface area contributed by atoms with Crippen molar-refractivity contribution in [2.24, 2.45) is 0 Å². The average Bonchev–Trinajstić information content (AvgIpc) is 3.48. The fourth-order valence-electron chi connectivity index (χ4n) is 4.28. The van der Waals surface area contributed by atoms with Gasteiger partial charge in [0.15, 0.2) is 16.7 Å². The Morgan fingerprint density at radius 2 is 1.87 bits per heavy atom. The molecule has 6 rings (SSSR count). The Labute approximate surface area is 211 Å². The zero-order chi connectivity index (χ0) is 26.6. The number of oxazole rings is 1. The third kappa shape index (κ3) is 3.78. The number of halogens is 3. The minimum absolute atomic E-state index is 0.156. The first-order valence-electron chi connectivity index (χ1n) is 11.4. The number of hydrogen-bond acceptors (Lipinski definition) is 7. The number of rotatable bonds is 5. The molecule has 4 heterocycles. The summed E-state index contributed by atoms with van der Waals surface area (Å²) in [5.74, 6) is -0.735. The number of alkyl halides is 3. The molecule has 3 aromatic heterocycles. The van der Waals surface area contributed by atoms with Gasteiger partial charge in [0.25, 0.3) is 11.5 Å². The lowest BCUT2D eigenvalue weighted by molar-refractivity contribution is -0.140. The number of aromatic amines is 1. The minimum Gasteiger partial charge on any atom is -0.494 e. The summed E-state index contributed by atoms with van der Waals surface area (Å²) in [6.07, 6.45) is -4.86. The average molecular weight is 525 g/mol. The predicted octanol–water partition coefficient (Wildman–Crippen LogP) is 3.65. The molecular formula is C25H18F3N5O5. The number of aromatic nitrogens is 4. The molecule has 0 radical (unpaired) electrons. The molecule has 0 unspecified atom stereocenters. The van der Waals surface area contributed by atoms with Gasteiger partial charge in [-0.05, 0) is 17.7 Å². The van der Waals surface area contributed by atoms with Crippen molar-refractivity contribution < 1.29 is 31.9 Å². The van der Waals surface area contributed by atoms with Crippen LogP contribution in [0.5, 0.6) is 5.75 Å². The van der Waals surface area contributed by atoms with Gasteiger partial charge in [0.1, 0.15) is 22.7 Å². The van der Waals surface area contributed by atoms with Crippen molar-refractivity contribution in [3.63, 3.8) is 0 Å². The number of carbonyl (C=O) groups is 1. The third-order valence-electron chi connectivity index (χ3n) is 6.13. The molecule has 2 N–H and O–H groups in total. The first kappa shape index (κ1) is 23.7. The van der Waals surface area contributed by atoms with Gasteiger partial charge in [-0.2, -0.15) is 17.7 Å². The normalized spacial score (nSPS) is 14.1. The highest BCUT2D eigenvalue weighted by Crippen LogP contribution is 2.39. The summed E-state index contributed by atoms with van der Waals surface area (Å²) < 4.78 is 59.2. The molecule has 1 fully saturated rings. The summed E-state index contributed by atoms with van der Waals surface area (Å²) in [5.41, 5.74) is -3.11. The van der Waals surface area contributed by atoms with E-state index in [0.29, 0.717) is 10.3 Å². The summed E-state index contributed by atoms with van der Waals surface area (Å²) in [6, 6.07) is 12.2. The largest absolute Gasteiger partial charge is 0.494 e. The quantitative estimate of drug-likeness (QED) is 0.359. The number of nitrogens with zero attached hydrogens (tertiary/aromatic N) is 3. The predicted molar refractivity (Wildman–Crippen MR) is 128 cm³/mol. The Hall–Kier alpha value is -4.65. The number of fused-ring (bicyclic) bond motifs is 2. The topological polar surface area (TPSA) is 124 Å². The van der Waals surface area contributed by atoms with E-state index in [0.717, 1.165) is 0 Å². The van der Waals surface area contributed by atoms with Gasteiger partial charge < -0.3 is 19.2 Å². The molecule has 1 aliphatic heterocycles. The molecule has 1 aliphatic rings. The molecule has 38 heavy (non-hydrogen) atoms. The highest BCUT2D eigenvalue weighted by molar-refractivity contribution is 6.00. The van der Waals surface area contributed by atoms with E-state index in [2.05, 4.69) is 20.4 Å². The second-order valence-electron chi connectivity index (χ2n) is 8.56. The van der Waals surface area contributed by atoms with Crippen LogP contribution in [-0.4, -0.2) is 51.9 Å². The summed E-state index contributed by atoms with van der Waals surface area (Å²) in [7, 11) is 1.42. The Balaban J connectivity index is 1.67. The van der Waals surface area contributed by atoms with Crippen molar-refractivity contribution in [1.29, 1.82) is 0 Å². The van der Waals surface area contributed by atoms with Gasteiger partial charge in [0.05, 0.1) is 31.9 Å². The zero-order valence-electron chi connectivity index (χ0n) is 19.6. The second kappa shape index (κ2) is 8.73. The molecule has 2 aromatic carbocycles. The summed E-state index contributed by atoms with van der Waals surface area (Å²) >= 11 is 0. The molecule has 10 nitrogen and oxygen atoms in total. The van der Waals surface area contributed by atoms with Gasteiger partial charge >= 0.3 is 6.18 Å². The van der Waals surface area contributed by atoms with Gasteiger partial charge in [0.2, 0.25) is 5.89 Å². The number of hydrogen-bond donors (Lipinski definition) is 2. The van der Waals surface area contributed by atoms with Gasteiger partial charge in [-0.3, -0.25) is 14.7 Å². The van der Waals surface area contributed by atoms with Crippen LogP contribution in [0.1, 0.15) is 16.2 Å². The monoisotopic (exact) mass is 525 g/mol. The van der Waals surface area contributed by atoms with Crippen molar-refractivity contribution in [2.75, 3.05) is 20.3 Å². The van der Waals surface area contributed by atoms with E-state index in [1.54, 1.807) is 36.4 Å². The third-order valence-corrected chi connectivity index (χ3v) is 6.13. The van der Waals surface area contributed by atoms with Crippen LogP contribution in [0, 0.1) is 0 Å². The Morgan fingerprint density at radius 3 is 2.53 bits per heavy atom. The highest BCUT2D eigenvalue weighted by atomic mass is 19.4. The maximum Gasteiger partial charge on any atom is 0.433 e. The lowest BCUT2D eigenvalue weighted by Crippen LogP contribution is -2.49. The number of carbonyl (C=O) groups excluding carboxylic acids is 1. The maximum absolute atomic E-state index is 14.1. The van der Waals surface area contributed by atoms with Crippen LogP contribution in [0.2, 0.25) is 0 Å². The molecule has 1 saturated heterocycles. The molecule has 0 atom stereocenters. The van der Waals surface area contributed by atoms with E-state index < -0.39 is 34.6 Å². The first-order chi connectivity index (χ1) is 18.3. The van der Waals surface area contributed by atoms with E-state index in [-0.39, 0.29) is 53.0 Å². The fraction of sp³-hybridized carbons (Fsp3) is 0.200. The van der Waals surface area contributed by atoms with Crippen LogP contribution < -0.4 is 15.6 Å². The number of methoxy groups -OCH3 is 1. The number of ether oxygens (including phenoxy) is 2. The molecule has 0 saturated carbocycles. The van der Waals surface area contributed by atoms with Crippen LogP contribution in [0.3, 0.4) is 0 Å². The standard InChI is InChI=1S/C25H18F3N5O5/c1-36-14-8-5-9-15-18(14)31-23(38-15)17-19(22(34)29-13-10-37-11-13)30-21-16(12-6-3-2-4-7-12)20(25(26,27)28)32-33(21)24(17)35/h2-9,13,32H,10-11H2,1H3,(H,29,34). The van der Waals surface area contributed by atoms with Crippen molar-refractivity contribution in [3.8, 4) is 28.3 Å². The molecule has 0 aliphatic carbocycles. The number of H-pyrrole nitrogens is 1. The molecule has 1 amide bonds. The molecule has 0 spiro atoms. The lowest BCUT2D eigenvalue weighted by atomic mass is 10.1. The summed E-state index contributed by atoms with van der Waals surface area (Å²) in [4.78, 5) is 35.7. The summed E-state index contributed by atoms with van der Waals surface area (Å²) in [5, 5.41) is 4.82. The Kier molecular flexibility index (Phi) is 5.45. The van der Waals surface area contributed by atoms with Crippen molar-refractivity contribution >= 4 is 22.7 Å². The number of benzene rings is 2. The van der Waals surface area contributed by atoms with Crippen LogP contribution >= 0.6 is 0 Å². The Bertz CT molecular complexity index is 1750. The van der Waals surface area contributed by atoms with Crippen LogP contribution in [0.15, 0.2) is 57.7 Å². The SMILES string of the molecule is COc1cccc2oc(-c3c(C(=O)NC4COC4)nc4c(-c5ccccc5)c(C(F)(F)F)[nH]n4c3=O)nc12. The second-order valence-corrected chi connectivity index (χ2v) is 8.56. The molecular weight excluding hydrogens is 507 g/mol. The molecule has 5 aromatic rings.